The van der Waals surface area contributed by atoms with Gasteiger partial charge in [0, 0.05) is 5.25 Å². The van der Waals surface area contributed by atoms with Crippen LogP contribution in [0.3, 0.4) is 0 Å². The van der Waals surface area contributed by atoms with Crippen molar-refractivity contribution in [3.05, 3.63) is 11.4 Å². The van der Waals surface area contributed by atoms with Crippen molar-refractivity contribution >= 4 is 39.1 Å². The molecule has 1 saturated carbocycles. The van der Waals surface area contributed by atoms with Gasteiger partial charge in [0.15, 0.2) is 5.16 Å². The maximum atomic E-state index is 6.00. The second kappa shape index (κ2) is 5.29. The Morgan fingerprint density at radius 2 is 2.11 bits per heavy atom. The highest BCUT2D eigenvalue weighted by molar-refractivity contribution is 7.99. The van der Waals surface area contributed by atoms with Crippen molar-refractivity contribution in [2.24, 2.45) is 11.8 Å². The Morgan fingerprint density at radius 3 is 2.89 bits per heavy atom. The zero-order valence-corrected chi connectivity index (χ0v) is 12.9. The molecule has 3 unspecified atom stereocenters. The highest BCUT2D eigenvalue weighted by Gasteiger charge is 2.26. The lowest BCUT2D eigenvalue weighted by Gasteiger charge is -2.31. The van der Waals surface area contributed by atoms with E-state index in [4.69, 9.17) is 5.73 Å². The summed E-state index contributed by atoms with van der Waals surface area (Å²) in [6, 6.07) is 1.99. The van der Waals surface area contributed by atoms with Gasteiger partial charge in [-0.25, -0.2) is 9.97 Å². The van der Waals surface area contributed by atoms with Crippen molar-refractivity contribution < 1.29 is 0 Å². The highest BCUT2D eigenvalue weighted by atomic mass is 32.2. The summed E-state index contributed by atoms with van der Waals surface area (Å²) < 4.78 is 0. The number of fused-ring (bicyclic) bond motifs is 1. The molecule has 2 N–H and O–H groups in total. The summed E-state index contributed by atoms with van der Waals surface area (Å²) in [6.07, 6.45) is 3.84. The van der Waals surface area contributed by atoms with Crippen LogP contribution in [0.4, 0.5) is 5.82 Å². The zero-order chi connectivity index (χ0) is 13.4. The van der Waals surface area contributed by atoms with Gasteiger partial charge in [-0.05, 0) is 42.5 Å². The van der Waals surface area contributed by atoms with E-state index < -0.39 is 0 Å². The van der Waals surface area contributed by atoms with Gasteiger partial charge in [-0.15, -0.1) is 11.3 Å². The summed E-state index contributed by atoms with van der Waals surface area (Å²) in [5.74, 6) is 2.27. The summed E-state index contributed by atoms with van der Waals surface area (Å²) in [5.41, 5.74) is 6.00. The number of aromatic nitrogens is 2. The molecular formula is C14H19N3S2. The second-order valence-corrected chi connectivity index (χ2v) is 7.70. The Labute approximate surface area is 122 Å². The molecule has 0 saturated heterocycles. The Balaban J connectivity index is 1.78. The van der Waals surface area contributed by atoms with Crippen LogP contribution in [0.15, 0.2) is 16.6 Å². The number of anilines is 1. The van der Waals surface area contributed by atoms with Gasteiger partial charge in [0.1, 0.15) is 10.6 Å². The van der Waals surface area contributed by atoms with Gasteiger partial charge in [-0.1, -0.05) is 25.6 Å². The molecule has 2 heterocycles. The molecule has 2 aromatic heterocycles. The summed E-state index contributed by atoms with van der Waals surface area (Å²) in [6.45, 7) is 4.72. The van der Waals surface area contributed by atoms with Gasteiger partial charge in [-0.3, -0.25) is 0 Å². The molecule has 0 bridgehead atoms. The summed E-state index contributed by atoms with van der Waals surface area (Å²) in [5, 5.41) is 4.50. The van der Waals surface area contributed by atoms with Gasteiger partial charge in [0.2, 0.25) is 0 Å². The van der Waals surface area contributed by atoms with Crippen molar-refractivity contribution in [2.75, 3.05) is 5.73 Å². The quantitative estimate of drug-likeness (QED) is 0.843. The number of nitrogens with two attached hydrogens (primary N) is 1. The first-order valence-electron chi connectivity index (χ1n) is 6.81. The van der Waals surface area contributed by atoms with E-state index in [0.717, 1.165) is 27.2 Å². The van der Waals surface area contributed by atoms with Crippen LogP contribution in [-0.4, -0.2) is 15.2 Å². The van der Waals surface area contributed by atoms with Crippen LogP contribution < -0.4 is 5.73 Å². The predicted octanol–water partition coefficient (Wildman–Crippen LogP) is 4.19. The minimum Gasteiger partial charge on any atom is -0.383 e. The van der Waals surface area contributed by atoms with E-state index in [0.29, 0.717) is 11.1 Å². The highest BCUT2D eigenvalue weighted by Crippen LogP contribution is 2.38. The molecule has 3 nitrogen and oxygen atoms in total. The molecule has 3 rings (SSSR count). The average molecular weight is 293 g/mol. The first kappa shape index (κ1) is 13.2. The number of nitrogen functional groups attached to an aromatic ring is 1. The monoisotopic (exact) mass is 293 g/mol. The third-order valence-corrected chi connectivity index (χ3v) is 6.12. The number of hydrogen-bond donors (Lipinski definition) is 1. The van der Waals surface area contributed by atoms with Crippen LogP contribution in [0.25, 0.3) is 10.2 Å². The molecule has 1 aliphatic carbocycles. The number of hydrogen-bond acceptors (Lipinski definition) is 5. The van der Waals surface area contributed by atoms with Gasteiger partial charge < -0.3 is 5.73 Å². The Morgan fingerprint density at radius 1 is 1.26 bits per heavy atom. The van der Waals surface area contributed by atoms with E-state index in [1.165, 1.54) is 19.3 Å². The minimum absolute atomic E-state index is 0.617. The lowest BCUT2D eigenvalue weighted by atomic mass is 9.81. The van der Waals surface area contributed by atoms with Crippen molar-refractivity contribution in [1.29, 1.82) is 0 Å². The van der Waals surface area contributed by atoms with Crippen LogP contribution in [0.1, 0.15) is 33.1 Å². The Bertz CT molecular complexity index is 581. The topological polar surface area (TPSA) is 51.8 Å². The molecule has 0 radical (unpaired) electrons. The maximum absolute atomic E-state index is 6.00. The van der Waals surface area contributed by atoms with Gasteiger partial charge in [-0.2, -0.15) is 0 Å². The molecule has 0 aliphatic heterocycles. The summed E-state index contributed by atoms with van der Waals surface area (Å²) in [7, 11) is 0. The smallest absolute Gasteiger partial charge is 0.191 e. The normalized spacial score (nSPS) is 27.8. The van der Waals surface area contributed by atoms with E-state index in [2.05, 4.69) is 23.8 Å². The molecule has 2 aromatic rings. The molecule has 0 amide bonds. The van der Waals surface area contributed by atoms with E-state index >= 15 is 0 Å². The maximum Gasteiger partial charge on any atom is 0.191 e. The van der Waals surface area contributed by atoms with Crippen molar-refractivity contribution in [3.8, 4) is 0 Å². The number of nitrogens with zero attached hydrogens (tertiary/aromatic N) is 2. The second-order valence-electron chi connectivity index (χ2n) is 5.54. The van der Waals surface area contributed by atoms with E-state index in [-0.39, 0.29) is 0 Å². The van der Waals surface area contributed by atoms with Crippen LogP contribution in [0, 0.1) is 11.8 Å². The van der Waals surface area contributed by atoms with Crippen molar-refractivity contribution in [2.45, 2.75) is 43.5 Å². The first-order chi connectivity index (χ1) is 9.13. The fourth-order valence-electron chi connectivity index (χ4n) is 2.66. The molecule has 0 spiro atoms. The molecule has 1 aliphatic rings. The fraction of sp³-hybridized carbons (Fsp3) is 0.571. The first-order valence-corrected chi connectivity index (χ1v) is 8.57. The Kier molecular flexibility index (Phi) is 3.67. The van der Waals surface area contributed by atoms with Crippen LogP contribution in [0.2, 0.25) is 0 Å². The summed E-state index contributed by atoms with van der Waals surface area (Å²) in [4.78, 5) is 10.1. The van der Waals surface area contributed by atoms with Crippen LogP contribution >= 0.6 is 23.1 Å². The molecule has 3 atom stereocenters. The van der Waals surface area contributed by atoms with Crippen molar-refractivity contribution in [3.63, 3.8) is 0 Å². The molecule has 19 heavy (non-hydrogen) atoms. The molecular weight excluding hydrogens is 274 g/mol. The standard InChI is InChI=1S/C14H19N3S2/c1-8-3-4-10(7-9(8)2)19-14-16-12(15)11-5-6-18-13(11)17-14/h5-6,8-10H,3-4,7H2,1-2H3,(H2,15,16,17). The van der Waals surface area contributed by atoms with Crippen LogP contribution in [-0.2, 0) is 0 Å². The number of rotatable bonds is 2. The molecule has 102 valence electrons. The predicted molar refractivity (Wildman–Crippen MR) is 83.7 cm³/mol. The SMILES string of the molecule is CC1CCC(Sc2nc(N)c3ccsc3n2)CC1C. The minimum atomic E-state index is 0.617. The number of thioether (sulfide) groups is 1. The van der Waals surface area contributed by atoms with E-state index in [1.54, 1.807) is 11.3 Å². The van der Waals surface area contributed by atoms with E-state index in [9.17, 15) is 0 Å². The van der Waals surface area contributed by atoms with Gasteiger partial charge in [0.25, 0.3) is 0 Å². The van der Waals surface area contributed by atoms with Gasteiger partial charge in [0.05, 0.1) is 5.39 Å². The fourth-order valence-corrected chi connectivity index (χ4v) is 4.74. The van der Waals surface area contributed by atoms with Crippen molar-refractivity contribution in [1.82, 2.24) is 9.97 Å². The largest absolute Gasteiger partial charge is 0.383 e. The third kappa shape index (κ3) is 2.72. The Hall–Kier alpha value is -0.810. The molecule has 0 aromatic carbocycles. The van der Waals surface area contributed by atoms with E-state index in [1.807, 2.05) is 23.2 Å². The number of thiophene rings is 1. The lowest BCUT2D eigenvalue weighted by molar-refractivity contribution is 0.283. The van der Waals surface area contributed by atoms with Crippen LogP contribution in [0.5, 0.6) is 0 Å². The molecule has 5 heteroatoms. The van der Waals surface area contributed by atoms with Gasteiger partial charge >= 0.3 is 0 Å². The average Bonchev–Trinajstić information content (AvgIpc) is 2.82. The molecule has 1 fully saturated rings. The zero-order valence-electron chi connectivity index (χ0n) is 11.3. The summed E-state index contributed by atoms with van der Waals surface area (Å²) >= 11 is 3.44. The lowest BCUT2D eigenvalue weighted by Crippen LogP contribution is -2.22. The third-order valence-electron chi connectivity index (χ3n) is 4.16.